The van der Waals surface area contributed by atoms with E-state index in [9.17, 15) is 13.2 Å². The number of carbonyl (C=O) groups is 1. The summed E-state index contributed by atoms with van der Waals surface area (Å²) in [4.78, 5) is 15.5. The summed E-state index contributed by atoms with van der Waals surface area (Å²) < 4.78 is 38.0. The lowest BCUT2D eigenvalue weighted by Gasteiger charge is -2.26. The highest BCUT2D eigenvalue weighted by atomic mass is 32.2. The second-order valence-electron chi connectivity index (χ2n) is 8.36. The van der Waals surface area contributed by atoms with Gasteiger partial charge >= 0.3 is 0 Å². The van der Waals surface area contributed by atoms with Crippen molar-refractivity contribution in [1.82, 2.24) is 14.5 Å². The molecule has 0 atom stereocenters. The molecule has 2 saturated heterocycles. The van der Waals surface area contributed by atoms with E-state index < -0.39 is 10.0 Å². The molecule has 4 rings (SSSR count). The van der Waals surface area contributed by atoms with E-state index >= 15 is 0 Å². The summed E-state index contributed by atoms with van der Waals surface area (Å²) in [5.74, 6) is -0.0490. The predicted octanol–water partition coefficient (Wildman–Crippen LogP) is 2.24. The number of rotatable bonds is 8. The first-order valence-electron chi connectivity index (χ1n) is 11.3. The Morgan fingerprint density at radius 1 is 1.03 bits per heavy atom. The number of nitrogens with one attached hydrogen (secondary N) is 1. The minimum absolute atomic E-state index is 0.0722. The number of ether oxygens (including phenoxy) is 2. The van der Waals surface area contributed by atoms with E-state index in [1.807, 2.05) is 12.1 Å². The topological polar surface area (TPSA) is 88.2 Å². The summed E-state index contributed by atoms with van der Waals surface area (Å²) >= 11 is 0. The molecule has 1 N–H and O–H groups in total. The van der Waals surface area contributed by atoms with Crippen LogP contribution < -0.4 is 10.1 Å². The number of amides is 1. The molecule has 8 nitrogen and oxygen atoms in total. The van der Waals surface area contributed by atoms with Crippen molar-refractivity contribution >= 4 is 15.9 Å². The molecule has 33 heavy (non-hydrogen) atoms. The molecular formula is C24H31N3O5S. The molecule has 1 amide bonds. The van der Waals surface area contributed by atoms with Crippen molar-refractivity contribution in [1.29, 1.82) is 0 Å². The first-order chi connectivity index (χ1) is 16.0. The monoisotopic (exact) mass is 473 g/mol. The van der Waals surface area contributed by atoms with Crippen molar-refractivity contribution < 1.29 is 22.7 Å². The van der Waals surface area contributed by atoms with E-state index in [0.717, 1.165) is 25.2 Å². The summed E-state index contributed by atoms with van der Waals surface area (Å²) in [5.41, 5.74) is 2.41. The molecule has 0 spiro atoms. The fourth-order valence-electron chi connectivity index (χ4n) is 4.28. The number of benzene rings is 2. The quantitative estimate of drug-likeness (QED) is 0.633. The number of methoxy groups -OCH3 is 1. The highest BCUT2D eigenvalue weighted by Crippen LogP contribution is 2.25. The zero-order valence-corrected chi connectivity index (χ0v) is 19.8. The third kappa shape index (κ3) is 5.73. The van der Waals surface area contributed by atoms with Crippen molar-refractivity contribution in [2.75, 3.05) is 46.5 Å². The largest absolute Gasteiger partial charge is 0.496 e. The standard InChI is InChI=1S/C24H31N3O5S/c1-31-23-8-7-21(33(29,30)27-11-13-32-14-12-27)16-22(23)24(28)25-17-19-5-4-6-20(15-19)18-26-9-2-3-10-26/h4-8,15-16H,2-3,9-14,17-18H2,1H3,(H,25,28). The smallest absolute Gasteiger partial charge is 0.255 e. The van der Waals surface area contributed by atoms with Crippen molar-refractivity contribution in [2.45, 2.75) is 30.8 Å². The number of nitrogens with zero attached hydrogens (tertiary/aromatic N) is 2. The summed E-state index contributed by atoms with van der Waals surface area (Å²) in [6.07, 6.45) is 2.50. The molecule has 2 aliphatic heterocycles. The third-order valence-electron chi connectivity index (χ3n) is 6.07. The highest BCUT2D eigenvalue weighted by Gasteiger charge is 2.28. The van der Waals surface area contributed by atoms with Gasteiger partial charge in [-0.25, -0.2) is 8.42 Å². The maximum Gasteiger partial charge on any atom is 0.255 e. The van der Waals surface area contributed by atoms with Gasteiger partial charge < -0.3 is 14.8 Å². The molecule has 178 valence electrons. The predicted molar refractivity (Wildman–Crippen MR) is 125 cm³/mol. The molecular weight excluding hydrogens is 442 g/mol. The molecule has 2 heterocycles. The SMILES string of the molecule is COc1ccc(S(=O)(=O)N2CCOCC2)cc1C(=O)NCc1cccc(CN2CCCC2)c1. The summed E-state index contributed by atoms with van der Waals surface area (Å²) in [6, 6.07) is 12.6. The molecule has 0 saturated carbocycles. The zero-order valence-electron chi connectivity index (χ0n) is 19.0. The fourth-order valence-corrected chi connectivity index (χ4v) is 5.71. The van der Waals surface area contributed by atoms with Crippen molar-refractivity contribution in [3.8, 4) is 5.75 Å². The third-order valence-corrected chi connectivity index (χ3v) is 7.97. The van der Waals surface area contributed by atoms with Crippen LogP contribution >= 0.6 is 0 Å². The Labute approximate surface area is 195 Å². The minimum atomic E-state index is -3.71. The number of likely N-dealkylation sites (tertiary alicyclic amines) is 1. The molecule has 0 aliphatic carbocycles. The lowest BCUT2D eigenvalue weighted by atomic mass is 10.1. The summed E-state index contributed by atoms with van der Waals surface area (Å²) in [6.45, 7) is 4.83. The molecule has 2 aromatic rings. The maximum absolute atomic E-state index is 13.0. The molecule has 2 aromatic carbocycles. The first-order valence-corrected chi connectivity index (χ1v) is 12.8. The van der Waals surface area contributed by atoms with Crippen LogP contribution in [-0.2, 0) is 27.8 Å². The summed E-state index contributed by atoms with van der Waals surface area (Å²) in [7, 11) is -2.25. The van der Waals surface area contributed by atoms with Gasteiger partial charge in [-0.15, -0.1) is 0 Å². The van der Waals surface area contributed by atoms with Crippen LogP contribution in [0.5, 0.6) is 5.75 Å². The molecule has 0 aromatic heterocycles. The lowest BCUT2D eigenvalue weighted by molar-refractivity contribution is 0.0730. The van der Waals surface area contributed by atoms with Crippen LogP contribution in [0.2, 0.25) is 0 Å². The number of carbonyl (C=O) groups excluding carboxylic acids is 1. The average Bonchev–Trinajstić information content (AvgIpc) is 3.36. The second kappa shape index (κ2) is 10.6. The number of sulfonamides is 1. The van der Waals surface area contributed by atoms with E-state index in [2.05, 4.69) is 22.3 Å². The second-order valence-corrected chi connectivity index (χ2v) is 10.3. The van der Waals surface area contributed by atoms with E-state index in [1.165, 1.54) is 48.0 Å². The van der Waals surface area contributed by atoms with E-state index in [4.69, 9.17) is 9.47 Å². The Morgan fingerprint density at radius 2 is 1.76 bits per heavy atom. The Morgan fingerprint density at radius 3 is 2.48 bits per heavy atom. The van der Waals surface area contributed by atoms with E-state index in [-0.39, 0.29) is 16.4 Å². The van der Waals surface area contributed by atoms with Gasteiger partial charge in [-0.3, -0.25) is 9.69 Å². The fraction of sp³-hybridized carbons (Fsp3) is 0.458. The van der Waals surface area contributed by atoms with Crippen LogP contribution in [0.3, 0.4) is 0 Å². The molecule has 2 fully saturated rings. The van der Waals surface area contributed by atoms with Crippen LogP contribution in [-0.4, -0.2) is 70.0 Å². The number of hydrogen-bond acceptors (Lipinski definition) is 6. The molecule has 2 aliphatic rings. The normalized spacial score (nSPS) is 17.7. The van der Waals surface area contributed by atoms with Crippen molar-refractivity contribution in [3.05, 3.63) is 59.2 Å². The van der Waals surface area contributed by atoms with Crippen LogP contribution in [0.4, 0.5) is 0 Å². The molecule has 0 radical (unpaired) electrons. The van der Waals surface area contributed by atoms with Crippen LogP contribution in [0.25, 0.3) is 0 Å². The van der Waals surface area contributed by atoms with Gasteiger partial charge in [0.1, 0.15) is 5.75 Å². The van der Waals surface area contributed by atoms with Gasteiger partial charge in [0, 0.05) is 26.2 Å². The van der Waals surface area contributed by atoms with Crippen LogP contribution in [0.1, 0.15) is 34.3 Å². The van der Waals surface area contributed by atoms with Gasteiger partial charge in [0.05, 0.1) is 30.8 Å². The minimum Gasteiger partial charge on any atom is -0.496 e. The van der Waals surface area contributed by atoms with E-state index in [0.29, 0.717) is 38.6 Å². The maximum atomic E-state index is 13.0. The van der Waals surface area contributed by atoms with Crippen LogP contribution in [0, 0.1) is 0 Å². The number of morpholine rings is 1. The lowest BCUT2D eigenvalue weighted by Crippen LogP contribution is -2.40. The zero-order chi connectivity index (χ0) is 23.3. The van der Waals surface area contributed by atoms with Gasteiger partial charge in [-0.1, -0.05) is 24.3 Å². The Hall–Kier alpha value is -2.46. The highest BCUT2D eigenvalue weighted by molar-refractivity contribution is 7.89. The van der Waals surface area contributed by atoms with Crippen LogP contribution in [0.15, 0.2) is 47.4 Å². The molecule has 0 bridgehead atoms. The van der Waals surface area contributed by atoms with Gasteiger partial charge in [0.25, 0.3) is 5.91 Å². The Kier molecular flexibility index (Phi) is 7.64. The van der Waals surface area contributed by atoms with Crippen molar-refractivity contribution in [3.63, 3.8) is 0 Å². The first kappa shape index (κ1) is 23.7. The Bertz CT molecular complexity index is 1080. The molecule has 0 unspecified atom stereocenters. The summed E-state index contributed by atoms with van der Waals surface area (Å²) in [5, 5.41) is 2.91. The van der Waals surface area contributed by atoms with Crippen molar-refractivity contribution in [2.24, 2.45) is 0 Å². The number of hydrogen-bond donors (Lipinski definition) is 1. The van der Waals surface area contributed by atoms with Gasteiger partial charge in [0.2, 0.25) is 10.0 Å². The van der Waals surface area contributed by atoms with Gasteiger partial charge in [0.15, 0.2) is 0 Å². The average molecular weight is 474 g/mol. The van der Waals surface area contributed by atoms with Gasteiger partial charge in [-0.05, 0) is 55.3 Å². The Balaban J connectivity index is 1.47. The van der Waals surface area contributed by atoms with Gasteiger partial charge in [-0.2, -0.15) is 4.31 Å². The van der Waals surface area contributed by atoms with E-state index in [1.54, 1.807) is 0 Å². The molecule has 9 heteroatoms.